The van der Waals surface area contributed by atoms with Crippen molar-refractivity contribution in [3.8, 4) is 17.6 Å². The molecule has 3 rings (SSSR count). The van der Waals surface area contributed by atoms with Gasteiger partial charge in [0.05, 0.1) is 24.7 Å². The van der Waals surface area contributed by atoms with Crippen molar-refractivity contribution in [2.45, 2.75) is 70.4 Å². The zero-order valence-electron chi connectivity index (χ0n) is 22.4. The van der Waals surface area contributed by atoms with Crippen LogP contribution in [0.1, 0.15) is 86.8 Å². The van der Waals surface area contributed by atoms with Gasteiger partial charge in [-0.15, -0.1) is 0 Å². The van der Waals surface area contributed by atoms with Gasteiger partial charge in [0.15, 0.2) is 0 Å². The number of hydrogen-bond donors (Lipinski definition) is 1. The van der Waals surface area contributed by atoms with E-state index in [0.29, 0.717) is 11.3 Å². The molecule has 3 nitrogen and oxygen atoms in total. The number of halogens is 3. The van der Waals surface area contributed by atoms with Crippen molar-refractivity contribution >= 4 is 0 Å². The van der Waals surface area contributed by atoms with Crippen molar-refractivity contribution < 1.29 is 23.0 Å². The van der Waals surface area contributed by atoms with Gasteiger partial charge in [-0.1, -0.05) is 77.9 Å². The van der Waals surface area contributed by atoms with Gasteiger partial charge in [-0.25, -0.2) is 0 Å². The summed E-state index contributed by atoms with van der Waals surface area (Å²) in [5.74, 6) is -0.404. The molecule has 0 bridgehead atoms. The maximum Gasteiger partial charge on any atom is 0.416 e. The molecule has 196 valence electrons. The Hall–Kier alpha value is -3.46. The van der Waals surface area contributed by atoms with E-state index in [4.69, 9.17) is 4.74 Å². The molecule has 0 spiro atoms. The Morgan fingerprint density at radius 3 is 1.59 bits per heavy atom. The van der Waals surface area contributed by atoms with E-state index in [0.717, 1.165) is 34.4 Å². The molecule has 1 N–H and O–H groups in total. The first kappa shape index (κ1) is 28.1. The summed E-state index contributed by atoms with van der Waals surface area (Å²) in [6, 6.07) is 18.4. The van der Waals surface area contributed by atoms with E-state index >= 15 is 0 Å². The molecule has 0 fully saturated rings. The second-order valence-electron chi connectivity index (χ2n) is 11.4. The number of ether oxygens (including phenoxy) is 1. The molecule has 6 heteroatoms. The summed E-state index contributed by atoms with van der Waals surface area (Å²) in [6.07, 6.45) is -4.46. The summed E-state index contributed by atoms with van der Waals surface area (Å²) >= 11 is 0. The summed E-state index contributed by atoms with van der Waals surface area (Å²) in [5, 5.41) is 21.6. The Labute approximate surface area is 217 Å². The Bertz CT molecular complexity index is 1240. The number of nitrogens with zero attached hydrogens (tertiary/aromatic N) is 1. The minimum atomic E-state index is -4.46. The maximum atomic E-state index is 13.2. The highest BCUT2D eigenvalue weighted by atomic mass is 19.4. The number of phenolic OH excluding ortho intramolecular Hbond substituents is 1. The van der Waals surface area contributed by atoms with Crippen LogP contribution in [0.2, 0.25) is 0 Å². The van der Waals surface area contributed by atoms with Crippen LogP contribution in [0, 0.1) is 11.3 Å². The van der Waals surface area contributed by atoms with Gasteiger partial charge in [0, 0.05) is 5.92 Å². The lowest BCUT2D eigenvalue weighted by Crippen LogP contribution is -2.20. The summed E-state index contributed by atoms with van der Waals surface area (Å²) in [7, 11) is 1.57. The van der Waals surface area contributed by atoms with Crippen LogP contribution in [0.3, 0.4) is 0 Å². The Morgan fingerprint density at radius 1 is 0.757 bits per heavy atom. The maximum absolute atomic E-state index is 13.2. The molecule has 0 aromatic heterocycles. The third-order valence-corrected chi connectivity index (χ3v) is 6.65. The Morgan fingerprint density at radius 2 is 1.22 bits per heavy atom. The van der Waals surface area contributed by atoms with E-state index in [1.807, 2.05) is 65.8 Å². The van der Waals surface area contributed by atoms with Crippen LogP contribution < -0.4 is 4.74 Å². The Balaban J connectivity index is 2.31. The van der Waals surface area contributed by atoms with Gasteiger partial charge in [-0.3, -0.25) is 0 Å². The lowest BCUT2D eigenvalue weighted by molar-refractivity contribution is -0.137. The van der Waals surface area contributed by atoms with Crippen LogP contribution in [0.4, 0.5) is 13.2 Å². The highest BCUT2D eigenvalue weighted by Gasteiger charge is 2.34. The number of phenols is 1. The lowest BCUT2D eigenvalue weighted by atomic mass is 9.72. The van der Waals surface area contributed by atoms with Gasteiger partial charge in [-0.05, 0) is 62.9 Å². The van der Waals surface area contributed by atoms with Crippen molar-refractivity contribution in [1.82, 2.24) is 0 Å². The first-order chi connectivity index (χ1) is 17.1. The van der Waals surface area contributed by atoms with Crippen LogP contribution in [0.5, 0.6) is 11.5 Å². The molecule has 2 atom stereocenters. The molecule has 3 aromatic carbocycles. The van der Waals surface area contributed by atoms with Crippen LogP contribution in [0.15, 0.2) is 60.7 Å². The van der Waals surface area contributed by atoms with E-state index in [1.165, 1.54) is 12.1 Å². The van der Waals surface area contributed by atoms with E-state index in [2.05, 4.69) is 6.07 Å². The molecule has 3 aromatic rings. The van der Waals surface area contributed by atoms with Crippen LogP contribution in [-0.2, 0) is 17.0 Å². The fraction of sp³-hybridized carbons (Fsp3) is 0.387. The van der Waals surface area contributed by atoms with Gasteiger partial charge in [-0.2, -0.15) is 18.4 Å². The highest BCUT2D eigenvalue weighted by molar-refractivity contribution is 5.54. The number of nitriles is 1. The number of alkyl halides is 3. The number of aromatic hydroxyl groups is 1. The van der Waals surface area contributed by atoms with Gasteiger partial charge in [0.1, 0.15) is 11.5 Å². The largest absolute Gasteiger partial charge is 0.507 e. The summed E-state index contributed by atoms with van der Waals surface area (Å²) in [6.45, 7) is 12.1. The lowest BCUT2D eigenvalue weighted by Gasteiger charge is -2.31. The normalized spacial score (nSPS) is 14.1. The summed E-state index contributed by atoms with van der Waals surface area (Å²) in [5.41, 5.74) is 2.07. The molecule has 37 heavy (non-hydrogen) atoms. The van der Waals surface area contributed by atoms with Gasteiger partial charge in [0.25, 0.3) is 0 Å². The molecule has 0 aliphatic rings. The smallest absolute Gasteiger partial charge is 0.416 e. The van der Waals surface area contributed by atoms with E-state index < -0.39 is 23.6 Å². The first-order valence-corrected chi connectivity index (χ1v) is 12.2. The molecule has 0 aliphatic heterocycles. The molecule has 0 aliphatic carbocycles. The molecule has 0 heterocycles. The molecular weight excluding hydrogens is 475 g/mol. The molecule has 0 amide bonds. The van der Waals surface area contributed by atoms with E-state index in [1.54, 1.807) is 19.2 Å². The molecule has 0 saturated carbocycles. The predicted octanol–water partition coefficient (Wildman–Crippen LogP) is 8.45. The van der Waals surface area contributed by atoms with Crippen LogP contribution >= 0.6 is 0 Å². The number of hydrogen-bond acceptors (Lipinski definition) is 3. The van der Waals surface area contributed by atoms with Crippen molar-refractivity contribution in [2.24, 2.45) is 0 Å². The van der Waals surface area contributed by atoms with Gasteiger partial charge < -0.3 is 9.84 Å². The topological polar surface area (TPSA) is 53.2 Å². The van der Waals surface area contributed by atoms with Crippen molar-refractivity contribution in [2.75, 3.05) is 7.11 Å². The van der Waals surface area contributed by atoms with E-state index in [9.17, 15) is 23.5 Å². The van der Waals surface area contributed by atoms with Gasteiger partial charge >= 0.3 is 6.18 Å². The zero-order valence-corrected chi connectivity index (χ0v) is 22.4. The fourth-order valence-corrected chi connectivity index (χ4v) is 4.59. The minimum Gasteiger partial charge on any atom is -0.507 e. The highest BCUT2D eigenvalue weighted by Crippen LogP contribution is 2.46. The molecule has 0 saturated heterocycles. The third kappa shape index (κ3) is 6.10. The SMILES string of the molecule is COc1ccc(C(c2cc(C(C)(C)C)c(O)c(C(C)(C)C)c2)C(C#N)c2ccc(C(F)(F)F)cc2)cc1. The monoisotopic (exact) mass is 509 g/mol. The summed E-state index contributed by atoms with van der Waals surface area (Å²) in [4.78, 5) is 0. The van der Waals surface area contributed by atoms with Crippen LogP contribution in [-0.4, -0.2) is 12.2 Å². The predicted molar refractivity (Wildman–Crippen MR) is 140 cm³/mol. The Kier molecular flexibility index (Phi) is 7.69. The standard InChI is InChI=1S/C31H34F3NO2/c1-29(2,3)25-16-21(17-26(28(25)36)30(4,5)6)27(20-10-14-23(37-7)15-11-20)24(18-35)19-8-12-22(13-9-19)31(32,33)34/h8-17,24,27,36H,1-7H3. The minimum absolute atomic E-state index is 0.222. The molecule has 0 radical (unpaired) electrons. The second-order valence-corrected chi connectivity index (χ2v) is 11.4. The average Bonchev–Trinajstić information content (AvgIpc) is 2.81. The second kappa shape index (κ2) is 10.1. The van der Waals surface area contributed by atoms with Crippen LogP contribution in [0.25, 0.3) is 0 Å². The zero-order chi connectivity index (χ0) is 27.8. The average molecular weight is 510 g/mol. The molecule has 2 unspecified atom stereocenters. The third-order valence-electron chi connectivity index (χ3n) is 6.65. The quantitative estimate of drug-likeness (QED) is 0.375. The molecular formula is C31H34F3NO2. The first-order valence-electron chi connectivity index (χ1n) is 12.2. The fourth-order valence-electron chi connectivity index (χ4n) is 4.59. The van der Waals surface area contributed by atoms with Crippen molar-refractivity contribution in [3.05, 3.63) is 94.0 Å². The number of benzene rings is 3. The number of methoxy groups -OCH3 is 1. The summed E-state index contributed by atoms with van der Waals surface area (Å²) < 4.78 is 44.9. The van der Waals surface area contributed by atoms with Crippen molar-refractivity contribution in [1.29, 1.82) is 5.26 Å². The van der Waals surface area contributed by atoms with Gasteiger partial charge in [0.2, 0.25) is 0 Å². The number of rotatable bonds is 5. The van der Waals surface area contributed by atoms with Crippen molar-refractivity contribution in [3.63, 3.8) is 0 Å². The van der Waals surface area contributed by atoms with E-state index in [-0.39, 0.29) is 16.6 Å².